The van der Waals surface area contributed by atoms with Gasteiger partial charge in [0.15, 0.2) is 0 Å². The molecule has 4 rings (SSSR count). The number of anilines is 1. The predicted octanol–water partition coefficient (Wildman–Crippen LogP) is 5.56. The number of nitrogens with one attached hydrogen (secondary N) is 1. The fourth-order valence-corrected chi connectivity index (χ4v) is 5.55. The summed E-state index contributed by atoms with van der Waals surface area (Å²) in [6, 6.07) is 12.3. The van der Waals surface area contributed by atoms with Gasteiger partial charge in [0.2, 0.25) is 11.8 Å². The second kappa shape index (κ2) is 10.0. The minimum atomic E-state index is -0.0228. The Morgan fingerprint density at radius 3 is 2.42 bits per heavy atom. The van der Waals surface area contributed by atoms with E-state index in [1.165, 1.54) is 17.3 Å². The van der Waals surface area contributed by atoms with Crippen LogP contribution in [0.4, 0.5) is 5.69 Å². The highest BCUT2D eigenvalue weighted by atomic mass is 32.2. The third kappa shape index (κ3) is 5.44. The summed E-state index contributed by atoms with van der Waals surface area (Å²) in [6.45, 7) is 10.4. The molecule has 0 radical (unpaired) electrons. The average Bonchev–Trinajstić information content (AvgIpc) is 3.12. The summed E-state index contributed by atoms with van der Waals surface area (Å²) in [7, 11) is 0. The molecule has 0 bridgehead atoms. The molecule has 174 valence electrons. The van der Waals surface area contributed by atoms with Gasteiger partial charge in [-0.05, 0) is 56.7 Å². The van der Waals surface area contributed by atoms with Gasteiger partial charge in [0, 0.05) is 40.8 Å². The SMILES string of the molecule is Cc1cc(C)c(NC(=O)CSc2cn(CC(=O)N3CCC(C)CC3)c3ccccc23)c(C)c1. The number of piperidine rings is 1. The number of likely N-dealkylation sites (tertiary alicyclic amines) is 1. The molecule has 2 amide bonds. The third-order valence-corrected chi connectivity index (χ3v) is 7.54. The van der Waals surface area contributed by atoms with Crippen molar-refractivity contribution in [2.24, 2.45) is 5.92 Å². The van der Waals surface area contributed by atoms with E-state index < -0.39 is 0 Å². The monoisotopic (exact) mass is 463 g/mol. The van der Waals surface area contributed by atoms with E-state index in [4.69, 9.17) is 0 Å². The van der Waals surface area contributed by atoms with Crippen LogP contribution in [0.3, 0.4) is 0 Å². The number of thioether (sulfide) groups is 1. The highest BCUT2D eigenvalue weighted by Gasteiger charge is 2.21. The van der Waals surface area contributed by atoms with E-state index in [1.807, 2.05) is 47.7 Å². The van der Waals surface area contributed by atoms with Crippen molar-refractivity contribution < 1.29 is 9.59 Å². The van der Waals surface area contributed by atoms with Crippen LogP contribution in [-0.4, -0.2) is 40.1 Å². The minimum Gasteiger partial charge on any atom is -0.341 e. The van der Waals surface area contributed by atoms with E-state index in [-0.39, 0.29) is 11.8 Å². The number of fused-ring (bicyclic) bond motifs is 1. The molecule has 2 heterocycles. The number of carbonyl (C=O) groups is 2. The van der Waals surface area contributed by atoms with Crippen LogP contribution < -0.4 is 5.32 Å². The molecule has 0 unspecified atom stereocenters. The van der Waals surface area contributed by atoms with Crippen molar-refractivity contribution in [1.82, 2.24) is 9.47 Å². The molecule has 5 nitrogen and oxygen atoms in total. The van der Waals surface area contributed by atoms with Crippen LogP contribution in [0, 0.1) is 26.7 Å². The van der Waals surface area contributed by atoms with Gasteiger partial charge >= 0.3 is 0 Å². The fourth-order valence-electron chi connectivity index (χ4n) is 4.66. The molecule has 0 atom stereocenters. The number of aromatic nitrogens is 1. The van der Waals surface area contributed by atoms with Crippen molar-refractivity contribution in [2.45, 2.75) is 52.0 Å². The van der Waals surface area contributed by atoms with Crippen LogP contribution in [0.15, 0.2) is 47.5 Å². The topological polar surface area (TPSA) is 54.3 Å². The molecule has 0 saturated carbocycles. The molecular weight excluding hydrogens is 430 g/mol. The number of aryl methyl sites for hydroxylation is 3. The molecule has 1 N–H and O–H groups in total. The van der Waals surface area contributed by atoms with Crippen LogP contribution in [0.2, 0.25) is 0 Å². The van der Waals surface area contributed by atoms with Crippen molar-refractivity contribution in [3.8, 4) is 0 Å². The van der Waals surface area contributed by atoms with E-state index >= 15 is 0 Å². The number of para-hydroxylation sites is 1. The second-order valence-corrected chi connectivity index (χ2v) is 10.3. The lowest BCUT2D eigenvalue weighted by atomic mass is 9.99. The molecule has 33 heavy (non-hydrogen) atoms. The average molecular weight is 464 g/mol. The number of hydrogen-bond donors (Lipinski definition) is 1. The first-order chi connectivity index (χ1) is 15.8. The Hall–Kier alpha value is -2.73. The molecule has 0 aliphatic carbocycles. The standard InChI is InChI=1S/C27H33N3O2S/c1-18-9-11-29(12-10-18)26(32)16-30-15-24(22-7-5-6-8-23(22)30)33-17-25(31)28-27-20(3)13-19(2)14-21(27)4/h5-8,13-15,18H,9-12,16-17H2,1-4H3,(H,28,31). The Kier molecular flexibility index (Phi) is 7.13. The largest absolute Gasteiger partial charge is 0.341 e. The van der Waals surface area contributed by atoms with E-state index in [2.05, 4.69) is 37.4 Å². The maximum atomic E-state index is 12.9. The first kappa shape index (κ1) is 23.4. The first-order valence-corrected chi connectivity index (χ1v) is 12.7. The second-order valence-electron chi connectivity index (χ2n) is 9.31. The lowest BCUT2D eigenvalue weighted by Crippen LogP contribution is -2.39. The van der Waals surface area contributed by atoms with Gasteiger partial charge in [0.05, 0.1) is 5.75 Å². The zero-order chi connectivity index (χ0) is 23.5. The van der Waals surface area contributed by atoms with Crippen molar-refractivity contribution >= 4 is 40.2 Å². The van der Waals surface area contributed by atoms with Crippen LogP contribution >= 0.6 is 11.8 Å². The Morgan fingerprint density at radius 1 is 1.06 bits per heavy atom. The quantitative estimate of drug-likeness (QED) is 0.487. The van der Waals surface area contributed by atoms with E-state index in [1.54, 1.807) is 0 Å². The molecule has 2 aromatic carbocycles. The zero-order valence-electron chi connectivity index (χ0n) is 20.0. The highest BCUT2D eigenvalue weighted by Crippen LogP contribution is 2.31. The van der Waals surface area contributed by atoms with Crippen molar-refractivity contribution in [3.63, 3.8) is 0 Å². The van der Waals surface area contributed by atoms with Gasteiger partial charge in [-0.1, -0.05) is 42.8 Å². The predicted molar refractivity (Wildman–Crippen MR) is 137 cm³/mol. The number of amides is 2. The molecular formula is C27H33N3O2S. The number of hydrogen-bond acceptors (Lipinski definition) is 3. The maximum Gasteiger partial charge on any atom is 0.242 e. The van der Waals surface area contributed by atoms with E-state index in [0.717, 1.165) is 58.5 Å². The molecule has 3 aromatic rings. The molecule has 1 aromatic heterocycles. The summed E-state index contributed by atoms with van der Waals surface area (Å²) < 4.78 is 2.03. The lowest BCUT2D eigenvalue weighted by molar-refractivity contribution is -0.133. The lowest BCUT2D eigenvalue weighted by Gasteiger charge is -2.30. The van der Waals surface area contributed by atoms with Crippen molar-refractivity contribution in [3.05, 3.63) is 59.3 Å². The van der Waals surface area contributed by atoms with Gasteiger partial charge in [-0.2, -0.15) is 0 Å². The van der Waals surface area contributed by atoms with Crippen LogP contribution in [-0.2, 0) is 16.1 Å². The summed E-state index contributed by atoms with van der Waals surface area (Å²) in [5.74, 6) is 1.16. The molecule has 1 aliphatic heterocycles. The summed E-state index contributed by atoms with van der Waals surface area (Å²) >= 11 is 1.52. The Labute approximate surface area is 200 Å². The summed E-state index contributed by atoms with van der Waals surface area (Å²) in [5.41, 5.74) is 5.28. The summed E-state index contributed by atoms with van der Waals surface area (Å²) in [6.07, 6.45) is 4.18. The van der Waals surface area contributed by atoms with Gasteiger partial charge in [-0.25, -0.2) is 0 Å². The smallest absolute Gasteiger partial charge is 0.242 e. The summed E-state index contributed by atoms with van der Waals surface area (Å²) in [4.78, 5) is 28.7. The molecule has 1 fully saturated rings. The fraction of sp³-hybridized carbons (Fsp3) is 0.407. The van der Waals surface area contributed by atoms with Gasteiger partial charge < -0.3 is 14.8 Å². The number of benzene rings is 2. The Morgan fingerprint density at radius 2 is 1.73 bits per heavy atom. The zero-order valence-corrected chi connectivity index (χ0v) is 20.8. The van der Waals surface area contributed by atoms with Gasteiger partial charge in [-0.3, -0.25) is 9.59 Å². The van der Waals surface area contributed by atoms with Crippen molar-refractivity contribution in [1.29, 1.82) is 0 Å². The number of rotatable bonds is 6. The Bertz CT molecular complexity index is 1150. The maximum absolute atomic E-state index is 12.9. The molecule has 6 heteroatoms. The van der Waals surface area contributed by atoms with Crippen LogP contribution in [0.1, 0.15) is 36.5 Å². The first-order valence-electron chi connectivity index (χ1n) is 11.7. The highest BCUT2D eigenvalue weighted by molar-refractivity contribution is 8.00. The van der Waals surface area contributed by atoms with Crippen LogP contribution in [0.25, 0.3) is 10.9 Å². The van der Waals surface area contributed by atoms with Gasteiger partial charge in [0.25, 0.3) is 0 Å². The molecule has 1 aliphatic rings. The minimum absolute atomic E-state index is 0.0228. The number of carbonyl (C=O) groups excluding carboxylic acids is 2. The van der Waals surface area contributed by atoms with E-state index in [9.17, 15) is 9.59 Å². The normalized spacial score (nSPS) is 14.6. The molecule has 0 spiro atoms. The number of nitrogens with zero attached hydrogens (tertiary/aromatic N) is 2. The van der Waals surface area contributed by atoms with Crippen LogP contribution in [0.5, 0.6) is 0 Å². The van der Waals surface area contributed by atoms with Gasteiger partial charge in [-0.15, -0.1) is 11.8 Å². The van der Waals surface area contributed by atoms with E-state index in [0.29, 0.717) is 18.2 Å². The third-order valence-electron chi connectivity index (χ3n) is 6.49. The van der Waals surface area contributed by atoms with Gasteiger partial charge in [0.1, 0.15) is 6.54 Å². The Balaban J connectivity index is 1.45. The van der Waals surface area contributed by atoms with Crippen molar-refractivity contribution in [2.75, 3.05) is 24.2 Å². The molecule has 1 saturated heterocycles. The summed E-state index contributed by atoms with van der Waals surface area (Å²) in [5, 5.41) is 4.16.